The van der Waals surface area contributed by atoms with Gasteiger partial charge in [-0.1, -0.05) is 39.3 Å². The fourth-order valence-corrected chi connectivity index (χ4v) is 3.25. The molecule has 112 valence electrons. The van der Waals surface area contributed by atoms with Crippen LogP contribution in [0.1, 0.15) is 51.6 Å². The summed E-state index contributed by atoms with van der Waals surface area (Å²) in [4.78, 5) is 0. The van der Waals surface area contributed by atoms with Crippen LogP contribution in [0, 0.1) is 17.2 Å². The van der Waals surface area contributed by atoms with Crippen LogP contribution < -0.4 is 11.1 Å². The van der Waals surface area contributed by atoms with Gasteiger partial charge in [0.2, 0.25) is 0 Å². The Morgan fingerprint density at radius 3 is 2.45 bits per heavy atom. The summed E-state index contributed by atoms with van der Waals surface area (Å²) in [6.45, 7) is 7.42. The molecule has 0 saturated heterocycles. The smallest absolute Gasteiger partial charge is 0.123 e. The van der Waals surface area contributed by atoms with Crippen LogP contribution in [0.25, 0.3) is 0 Å². The molecule has 1 saturated carbocycles. The van der Waals surface area contributed by atoms with Crippen molar-refractivity contribution in [3.05, 3.63) is 35.6 Å². The topological polar surface area (TPSA) is 38.0 Å². The van der Waals surface area contributed by atoms with Gasteiger partial charge >= 0.3 is 0 Å². The lowest BCUT2D eigenvalue weighted by Gasteiger charge is -2.36. The van der Waals surface area contributed by atoms with E-state index in [-0.39, 0.29) is 17.3 Å². The van der Waals surface area contributed by atoms with Gasteiger partial charge in [-0.05, 0) is 48.4 Å². The van der Waals surface area contributed by atoms with E-state index in [0.717, 1.165) is 12.1 Å². The van der Waals surface area contributed by atoms with Crippen LogP contribution in [-0.4, -0.2) is 12.6 Å². The lowest BCUT2D eigenvalue weighted by molar-refractivity contribution is 0.231. The first kappa shape index (κ1) is 15.5. The summed E-state index contributed by atoms with van der Waals surface area (Å²) >= 11 is 0. The maximum Gasteiger partial charge on any atom is 0.123 e. The predicted octanol–water partition coefficient (Wildman–Crippen LogP) is 3.63. The zero-order valence-corrected chi connectivity index (χ0v) is 12.8. The van der Waals surface area contributed by atoms with E-state index in [9.17, 15) is 4.39 Å². The molecule has 0 bridgehead atoms. The molecule has 1 aromatic rings. The van der Waals surface area contributed by atoms with Gasteiger partial charge in [-0.2, -0.15) is 0 Å². The molecule has 1 fully saturated rings. The third kappa shape index (κ3) is 3.58. The Kier molecular flexibility index (Phi) is 4.82. The van der Waals surface area contributed by atoms with Gasteiger partial charge in [0.05, 0.1) is 0 Å². The Balaban J connectivity index is 2.18. The maximum atomic E-state index is 13.1. The molecule has 3 heteroatoms. The molecule has 20 heavy (non-hydrogen) atoms. The largest absolute Gasteiger partial charge is 0.330 e. The summed E-state index contributed by atoms with van der Waals surface area (Å²) in [6.07, 6.45) is 3.66. The number of hydrogen-bond acceptors (Lipinski definition) is 2. The van der Waals surface area contributed by atoms with E-state index in [2.05, 4.69) is 26.1 Å². The van der Waals surface area contributed by atoms with Crippen molar-refractivity contribution in [3.8, 4) is 0 Å². The average molecular weight is 278 g/mol. The number of nitrogens with two attached hydrogens (primary N) is 1. The van der Waals surface area contributed by atoms with E-state index in [0.29, 0.717) is 12.0 Å². The number of benzene rings is 1. The highest BCUT2D eigenvalue weighted by Gasteiger charge is 2.33. The highest BCUT2D eigenvalue weighted by Crippen LogP contribution is 2.36. The summed E-state index contributed by atoms with van der Waals surface area (Å²) < 4.78 is 13.1. The Hall–Kier alpha value is -0.930. The predicted molar refractivity (Wildman–Crippen MR) is 81.9 cm³/mol. The van der Waals surface area contributed by atoms with Gasteiger partial charge in [-0.25, -0.2) is 4.39 Å². The zero-order valence-electron chi connectivity index (χ0n) is 12.8. The molecular weight excluding hydrogens is 251 g/mol. The van der Waals surface area contributed by atoms with E-state index in [4.69, 9.17) is 5.73 Å². The van der Waals surface area contributed by atoms with Gasteiger partial charge in [0.25, 0.3) is 0 Å². The van der Waals surface area contributed by atoms with Gasteiger partial charge < -0.3 is 11.1 Å². The Morgan fingerprint density at radius 1 is 1.25 bits per heavy atom. The molecule has 0 amide bonds. The first-order valence-corrected chi connectivity index (χ1v) is 7.63. The Morgan fingerprint density at radius 2 is 1.90 bits per heavy atom. The monoisotopic (exact) mass is 278 g/mol. The van der Waals surface area contributed by atoms with Crippen molar-refractivity contribution in [2.24, 2.45) is 17.1 Å². The molecular formula is C17H27FN2. The molecule has 3 unspecified atom stereocenters. The average Bonchev–Trinajstić information content (AvgIpc) is 2.83. The number of halogens is 1. The van der Waals surface area contributed by atoms with Crippen LogP contribution in [0.3, 0.4) is 0 Å². The minimum atomic E-state index is -0.179. The zero-order chi connectivity index (χ0) is 14.8. The molecule has 0 aromatic heterocycles. The van der Waals surface area contributed by atoms with E-state index < -0.39 is 0 Å². The molecule has 2 nitrogen and oxygen atoms in total. The highest BCUT2D eigenvalue weighted by molar-refractivity contribution is 5.22. The second-order valence-corrected chi connectivity index (χ2v) is 7.05. The van der Waals surface area contributed by atoms with Crippen LogP contribution in [0.4, 0.5) is 4.39 Å². The van der Waals surface area contributed by atoms with E-state index in [1.54, 1.807) is 12.1 Å². The van der Waals surface area contributed by atoms with E-state index >= 15 is 0 Å². The normalized spacial score (nSPS) is 24.9. The third-order valence-electron chi connectivity index (χ3n) is 4.41. The second kappa shape index (κ2) is 6.23. The summed E-state index contributed by atoms with van der Waals surface area (Å²) in [5, 5.41) is 3.79. The lowest BCUT2D eigenvalue weighted by atomic mass is 9.81. The van der Waals surface area contributed by atoms with Crippen molar-refractivity contribution in [1.29, 1.82) is 0 Å². The molecule has 0 spiro atoms. The van der Waals surface area contributed by atoms with Gasteiger partial charge in [-0.15, -0.1) is 0 Å². The van der Waals surface area contributed by atoms with Crippen molar-refractivity contribution < 1.29 is 4.39 Å². The Bertz CT molecular complexity index is 422. The van der Waals surface area contributed by atoms with Gasteiger partial charge in [0.1, 0.15) is 5.82 Å². The fourth-order valence-electron chi connectivity index (χ4n) is 3.25. The molecule has 3 N–H and O–H groups in total. The molecule has 1 aliphatic rings. The minimum Gasteiger partial charge on any atom is -0.330 e. The third-order valence-corrected chi connectivity index (χ3v) is 4.41. The van der Waals surface area contributed by atoms with E-state index in [1.807, 2.05) is 12.1 Å². The molecule has 0 heterocycles. The first-order chi connectivity index (χ1) is 9.41. The highest BCUT2D eigenvalue weighted by atomic mass is 19.1. The van der Waals surface area contributed by atoms with Gasteiger partial charge in [-0.3, -0.25) is 0 Å². The van der Waals surface area contributed by atoms with Crippen LogP contribution in [0.2, 0.25) is 0 Å². The molecule has 0 aliphatic heterocycles. The number of rotatable bonds is 4. The lowest BCUT2D eigenvalue weighted by Crippen LogP contribution is -2.42. The molecule has 1 aromatic carbocycles. The van der Waals surface area contributed by atoms with E-state index in [1.165, 1.54) is 19.3 Å². The van der Waals surface area contributed by atoms with Crippen LogP contribution in [-0.2, 0) is 0 Å². The van der Waals surface area contributed by atoms with Gasteiger partial charge in [0, 0.05) is 12.1 Å². The van der Waals surface area contributed by atoms with Crippen molar-refractivity contribution in [3.63, 3.8) is 0 Å². The second-order valence-electron chi connectivity index (χ2n) is 7.05. The molecule has 3 atom stereocenters. The van der Waals surface area contributed by atoms with Crippen LogP contribution in [0.15, 0.2) is 24.3 Å². The van der Waals surface area contributed by atoms with Crippen molar-refractivity contribution >= 4 is 0 Å². The van der Waals surface area contributed by atoms with Gasteiger partial charge in [0.15, 0.2) is 0 Å². The summed E-state index contributed by atoms with van der Waals surface area (Å²) in [5.74, 6) is 0.391. The number of nitrogens with one attached hydrogen (secondary N) is 1. The standard InChI is InChI=1S/C17H27FN2/c1-17(2,3)16(12-7-9-14(18)10-8-12)20-15-6-4-5-13(15)11-19/h7-10,13,15-16,20H,4-6,11,19H2,1-3H3. The van der Waals surface area contributed by atoms with Crippen molar-refractivity contribution in [1.82, 2.24) is 5.32 Å². The number of hydrogen-bond donors (Lipinski definition) is 2. The maximum absolute atomic E-state index is 13.1. The van der Waals surface area contributed by atoms with Crippen LogP contribution >= 0.6 is 0 Å². The summed E-state index contributed by atoms with van der Waals surface area (Å²) in [7, 11) is 0. The van der Waals surface area contributed by atoms with Crippen molar-refractivity contribution in [2.75, 3.05) is 6.54 Å². The summed E-state index contributed by atoms with van der Waals surface area (Å²) in [5.41, 5.74) is 7.12. The fraction of sp³-hybridized carbons (Fsp3) is 0.647. The molecule has 1 aliphatic carbocycles. The minimum absolute atomic E-state index is 0.0829. The summed E-state index contributed by atoms with van der Waals surface area (Å²) in [6, 6.07) is 7.58. The molecule has 0 radical (unpaired) electrons. The SMILES string of the molecule is CC(C)(C)C(NC1CCCC1CN)c1ccc(F)cc1. The Labute approximate surface area is 121 Å². The quantitative estimate of drug-likeness (QED) is 0.882. The first-order valence-electron chi connectivity index (χ1n) is 7.63. The van der Waals surface area contributed by atoms with Crippen molar-refractivity contribution in [2.45, 2.75) is 52.1 Å². The molecule has 2 rings (SSSR count). The van der Waals surface area contributed by atoms with Crippen LogP contribution in [0.5, 0.6) is 0 Å².